The van der Waals surface area contributed by atoms with Gasteiger partial charge in [0.05, 0.1) is 33.0 Å². The van der Waals surface area contributed by atoms with Crippen LogP contribution in [0.15, 0.2) is 41.6 Å². The van der Waals surface area contributed by atoms with Crippen molar-refractivity contribution in [1.29, 1.82) is 5.26 Å². The summed E-state index contributed by atoms with van der Waals surface area (Å²) < 4.78 is 15.0. The lowest BCUT2D eigenvalue weighted by Gasteiger charge is -2.58. The molecule has 28 heavy (non-hydrogen) atoms. The number of carbonyl (C=O) groups is 2. The predicted octanol–water partition coefficient (Wildman–Crippen LogP) is 0.653. The van der Waals surface area contributed by atoms with E-state index in [1.54, 1.807) is 11.0 Å². The standard InChI is InChI=1S/C20H23N3O5/c1-26-18(24)16(12-21)17(19(25)27-2)22-13-20(14-22,15-6-4-3-5-7-15)23-8-10-28-11-9-23/h3-7H,8-11,13-14H2,1-2H3/b17-16-. The second-order valence-corrected chi connectivity index (χ2v) is 6.67. The Hall–Kier alpha value is -2.89. The average molecular weight is 385 g/mol. The molecule has 2 fully saturated rings. The van der Waals surface area contributed by atoms with Gasteiger partial charge in [-0.05, 0) is 5.56 Å². The lowest BCUT2D eigenvalue weighted by Crippen LogP contribution is -2.69. The van der Waals surface area contributed by atoms with E-state index in [4.69, 9.17) is 9.47 Å². The van der Waals surface area contributed by atoms with E-state index in [0.717, 1.165) is 18.7 Å². The summed E-state index contributed by atoms with van der Waals surface area (Å²) >= 11 is 0. The number of likely N-dealkylation sites (tertiary alicyclic amines) is 1. The van der Waals surface area contributed by atoms with E-state index >= 15 is 0 Å². The molecule has 0 N–H and O–H groups in total. The Morgan fingerprint density at radius 2 is 1.68 bits per heavy atom. The Balaban J connectivity index is 1.97. The molecule has 0 aromatic heterocycles. The van der Waals surface area contributed by atoms with Crippen molar-refractivity contribution in [3.63, 3.8) is 0 Å². The summed E-state index contributed by atoms with van der Waals surface area (Å²) in [6.07, 6.45) is 0. The second-order valence-electron chi connectivity index (χ2n) is 6.67. The fourth-order valence-corrected chi connectivity index (χ4v) is 3.83. The number of morpholine rings is 1. The highest BCUT2D eigenvalue weighted by atomic mass is 16.5. The summed E-state index contributed by atoms with van der Waals surface area (Å²) in [6.45, 7) is 3.71. The summed E-state index contributed by atoms with van der Waals surface area (Å²) in [5.74, 6) is -1.59. The summed E-state index contributed by atoms with van der Waals surface area (Å²) in [6, 6.07) is 11.8. The predicted molar refractivity (Wildman–Crippen MR) is 98.8 cm³/mol. The van der Waals surface area contributed by atoms with Crippen LogP contribution < -0.4 is 0 Å². The van der Waals surface area contributed by atoms with Gasteiger partial charge in [0.15, 0.2) is 5.57 Å². The van der Waals surface area contributed by atoms with E-state index in [-0.39, 0.29) is 16.8 Å². The number of nitriles is 1. The Morgan fingerprint density at radius 3 is 2.21 bits per heavy atom. The van der Waals surface area contributed by atoms with Gasteiger partial charge in [0.1, 0.15) is 11.8 Å². The van der Waals surface area contributed by atoms with E-state index in [1.807, 2.05) is 18.2 Å². The smallest absolute Gasteiger partial charge is 0.356 e. The lowest BCUT2D eigenvalue weighted by molar-refractivity contribution is -0.144. The van der Waals surface area contributed by atoms with Crippen LogP contribution in [0.5, 0.6) is 0 Å². The van der Waals surface area contributed by atoms with E-state index in [2.05, 4.69) is 21.8 Å². The van der Waals surface area contributed by atoms with Crippen LogP contribution in [-0.4, -0.2) is 75.4 Å². The van der Waals surface area contributed by atoms with Crippen molar-refractivity contribution in [3.05, 3.63) is 47.2 Å². The van der Waals surface area contributed by atoms with Crippen molar-refractivity contribution in [2.24, 2.45) is 0 Å². The zero-order chi connectivity index (χ0) is 20.1. The quantitative estimate of drug-likeness (QED) is 0.415. The minimum absolute atomic E-state index is 0.0586. The Kier molecular flexibility index (Phi) is 5.97. The molecule has 0 saturated carbocycles. The fraction of sp³-hybridized carbons (Fsp3) is 0.450. The first kappa shape index (κ1) is 19.9. The molecule has 8 heteroatoms. The van der Waals surface area contributed by atoms with Crippen LogP contribution in [0.2, 0.25) is 0 Å². The van der Waals surface area contributed by atoms with Gasteiger partial charge in [0, 0.05) is 26.2 Å². The number of ether oxygens (including phenoxy) is 3. The second kappa shape index (κ2) is 8.42. The molecule has 148 valence electrons. The first-order valence-corrected chi connectivity index (χ1v) is 9.01. The van der Waals surface area contributed by atoms with Crippen LogP contribution >= 0.6 is 0 Å². The molecular formula is C20H23N3O5. The third kappa shape index (κ3) is 3.46. The van der Waals surface area contributed by atoms with Crippen LogP contribution in [0.25, 0.3) is 0 Å². The highest BCUT2D eigenvalue weighted by Gasteiger charge is 2.51. The molecule has 0 spiro atoms. The zero-order valence-corrected chi connectivity index (χ0v) is 16.0. The number of methoxy groups -OCH3 is 2. The number of benzene rings is 1. The largest absolute Gasteiger partial charge is 0.465 e. The molecule has 3 rings (SSSR count). The lowest BCUT2D eigenvalue weighted by atomic mass is 9.79. The van der Waals surface area contributed by atoms with Crippen molar-refractivity contribution in [2.45, 2.75) is 5.54 Å². The van der Waals surface area contributed by atoms with Gasteiger partial charge >= 0.3 is 11.9 Å². The maximum absolute atomic E-state index is 12.4. The van der Waals surface area contributed by atoms with Crippen molar-refractivity contribution in [1.82, 2.24) is 9.80 Å². The molecule has 0 unspecified atom stereocenters. The van der Waals surface area contributed by atoms with Gasteiger partial charge in [-0.15, -0.1) is 0 Å². The maximum atomic E-state index is 12.4. The SMILES string of the molecule is COC(=O)/C(C#N)=C(/C(=O)OC)N1CC(c2ccccc2)(N2CCOCC2)C1. The number of carbonyl (C=O) groups excluding carboxylic acids is 2. The van der Waals surface area contributed by atoms with E-state index in [9.17, 15) is 14.9 Å². The van der Waals surface area contributed by atoms with Gasteiger partial charge in [-0.2, -0.15) is 5.26 Å². The zero-order valence-electron chi connectivity index (χ0n) is 16.0. The minimum Gasteiger partial charge on any atom is -0.465 e. The summed E-state index contributed by atoms with van der Waals surface area (Å²) in [5.41, 5.74) is 0.379. The van der Waals surface area contributed by atoms with Crippen molar-refractivity contribution in [2.75, 3.05) is 53.6 Å². The van der Waals surface area contributed by atoms with Gasteiger partial charge < -0.3 is 19.1 Å². The number of hydrogen-bond acceptors (Lipinski definition) is 8. The Bertz CT molecular complexity index is 803. The fourth-order valence-electron chi connectivity index (χ4n) is 3.83. The molecule has 1 aromatic rings. The molecule has 2 aliphatic rings. The molecule has 0 amide bonds. The normalized spacial score (nSPS) is 19.7. The molecule has 2 saturated heterocycles. The molecule has 0 aliphatic carbocycles. The first-order chi connectivity index (χ1) is 13.6. The van der Waals surface area contributed by atoms with Crippen LogP contribution in [0, 0.1) is 11.3 Å². The van der Waals surface area contributed by atoms with Crippen LogP contribution in [-0.2, 0) is 29.3 Å². The molecular weight excluding hydrogens is 362 g/mol. The van der Waals surface area contributed by atoms with Crippen molar-refractivity contribution >= 4 is 11.9 Å². The summed E-state index contributed by atoms with van der Waals surface area (Å²) in [4.78, 5) is 28.4. The molecule has 0 radical (unpaired) electrons. The molecule has 0 bridgehead atoms. The third-order valence-electron chi connectivity index (χ3n) is 5.27. The Morgan fingerprint density at radius 1 is 1.07 bits per heavy atom. The number of esters is 2. The number of nitrogens with zero attached hydrogens (tertiary/aromatic N) is 3. The van der Waals surface area contributed by atoms with Crippen molar-refractivity contribution < 1.29 is 23.8 Å². The Labute approximate surface area is 163 Å². The van der Waals surface area contributed by atoms with Gasteiger partial charge in [0.2, 0.25) is 0 Å². The maximum Gasteiger partial charge on any atom is 0.356 e. The van der Waals surface area contributed by atoms with Gasteiger partial charge in [-0.25, -0.2) is 9.59 Å². The summed E-state index contributed by atoms with van der Waals surface area (Å²) in [7, 11) is 2.40. The van der Waals surface area contributed by atoms with Gasteiger partial charge in [-0.3, -0.25) is 4.90 Å². The average Bonchev–Trinajstić information content (AvgIpc) is 2.73. The highest BCUT2D eigenvalue weighted by molar-refractivity contribution is 6.02. The van der Waals surface area contributed by atoms with E-state index < -0.39 is 11.9 Å². The first-order valence-electron chi connectivity index (χ1n) is 9.01. The molecule has 8 nitrogen and oxygen atoms in total. The number of hydrogen-bond donors (Lipinski definition) is 0. The summed E-state index contributed by atoms with van der Waals surface area (Å²) in [5, 5.41) is 9.44. The third-order valence-corrected chi connectivity index (χ3v) is 5.27. The highest BCUT2D eigenvalue weighted by Crippen LogP contribution is 2.41. The molecule has 2 heterocycles. The van der Waals surface area contributed by atoms with Crippen LogP contribution in [0.1, 0.15) is 5.56 Å². The van der Waals surface area contributed by atoms with Crippen LogP contribution in [0.4, 0.5) is 0 Å². The van der Waals surface area contributed by atoms with Crippen LogP contribution in [0.3, 0.4) is 0 Å². The van der Waals surface area contributed by atoms with Crippen molar-refractivity contribution in [3.8, 4) is 6.07 Å². The van der Waals surface area contributed by atoms with Gasteiger partial charge in [0.25, 0.3) is 0 Å². The monoisotopic (exact) mass is 385 g/mol. The molecule has 1 aromatic carbocycles. The van der Waals surface area contributed by atoms with E-state index in [1.165, 1.54) is 14.2 Å². The van der Waals surface area contributed by atoms with E-state index in [0.29, 0.717) is 26.3 Å². The van der Waals surface area contributed by atoms with Gasteiger partial charge in [-0.1, -0.05) is 30.3 Å². The number of rotatable bonds is 5. The topological polar surface area (TPSA) is 92.1 Å². The molecule has 0 atom stereocenters. The minimum atomic E-state index is -0.855. The molecule has 2 aliphatic heterocycles.